The number of amides is 1. The Kier molecular flexibility index (Phi) is 42.4. The van der Waals surface area contributed by atoms with Gasteiger partial charge in [-0.25, -0.2) is 0 Å². The van der Waals surface area contributed by atoms with Crippen LogP contribution in [-0.2, 0) is 23.8 Å². The summed E-state index contributed by atoms with van der Waals surface area (Å²) in [6.07, 6.45) is 44.1. The standard InChI is InChI=1S/C57H101NO10/c1-4-7-10-13-16-19-22-25-27-29-32-35-38-41-44-50(61)56(65)58-48(49(60)43-40-37-34-31-28-24-21-18-15-12-9-6-3)47-66-57-55(54(64)53(63)51(46-59)67-57)68-52(62)45-42-39-36-33-30-26-23-20-17-14-11-8-5-2/h8,11,14,17,20,23,26,30,40,43,48-51,53-55,57,59-61,63-64H,4-7,9-10,12-13,15-16,18-19,21-22,24-25,27-29,31-39,41-42,44-47H2,1-3H3,(H,58,65)/b11-8+,17-14+,23-20-,30-26-,43-40+. The molecule has 6 N–H and O–H groups in total. The molecule has 1 saturated heterocycles. The number of carbonyl (C=O) groups is 2. The largest absolute Gasteiger partial charge is 0.454 e. The van der Waals surface area contributed by atoms with Crippen LogP contribution in [0.2, 0.25) is 0 Å². The van der Waals surface area contributed by atoms with Crippen molar-refractivity contribution in [2.75, 3.05) is 13.2 Å². The molecule has 11 nitrogen and oxygen atoms in total. The van der Waals surface area contributed by atoms with Gasteiger partial charge in [-0.2, -0.15) is 0 Å². The highest BCUT2D eigenvalue weighted by Crippen LogP contribution is 2.26. The van der Waals surface area contributed by atoms with Crippen LogP contribution in [0.5, 0.6) is 0 Å². The van der Waals surface area contributed by atoms with Crippen LogP contribution in [0, 0.1) is 0 Å². The lowest BCUT2D eigenvalue weighted by molar-refractivity contribution is -0.305. The second kappa shape index (κ2) is 45.5. The summed E-state index contributed by atoms with van der Waals surface area (Å²) in [7, 11) is 0. The van der Waals surface area contributed by atoms with Gasteiger partial charge in [0.25, 0.3) is 0 Å². The minimum absolute atomic E-state index is 0.0770. The van der Waals surface area contributed by atoms with E-state index in [1.807, 2.05) is 42.5 Å². The van der Waals surface area contributed by atoms with E-state index in [2.05, 4.69) is 38.2 Å². The number of allylic oxidation sites excluding steroid dienone is 9. The number of carbonyl (C=O) groups excluding carboxylic acids is 2. The van der Waals surface area contributed by atoms with Crippen molar-refractivity contribution in [3.63, 3.8) is 0 Å². The lowest BCUT2D eigenvalue weighted by atomic mass is 9.99. The van der Waals surface area contributed by atoms with Crippen molar-refractivity contribution in [3.05, 3.63) is 60.8 Å². The molecule has 0 aliphatic carbocycles. The highest BCUT2D eigenvalue weighted by Gasteiger charge is 2.47. The SMILES string of the molecule is CC/C=C/C=C/C=C\C=C/CCCCCC(=O)OC1C(OCC(NC(=O)C(O)CCCCCCCCCCCCCCCC)C(O)/C=C/CCCCCCCCCCCC)OC(CO)C(O)C1O. The van der Waals surface area contributed by atoms with E-state index in [0.717, 1.165) is 64.2 Å². The lowest BCUT2D eigenvalue weighted by Crippen LogP contribution is -2.61. The summed E-state index contributed by atoms with van der Waals surface area (Å²) < 4.78 is 17.5. The summed E-state index contributed by atoms with van der Waals surface area (Å²) in [5, 5.41) is 56.7. The number of unbranched alkanes of at least 4 members (excludes halogenated alkanes) is 26. The van der Waals surface area contributed by atoms with Crippen molar-refractivity contribution in [1.82, 2.24) is 5.32 Å². The summed E-state index contributed by atoms with van der Waals surface area (Å²) in [6.45, 7) is 5.60. The van der Waals surface area contributed by atoms with Crippen LogP contribution in [-0.4, -0.2) is 99.6 Å². The van der Waals surface area contributed by atoms with E-state index >= 15 is 0 Å². The number of nitrogens with one attached hydrogen (secondary N) is 1. The third kappa shape index (κ3) is 33.8. The molecule has 1 rings (SSSR count). The van der Waals surface area contributed by atoms with Crippen LogP contribution >= 0.6 is 0 Å². The molecule has 8 unspecified atom stereocenters. The quantitative estimate of drug-likeness (QED) is 0.0149. The molecule has 394 valence electrons. The first-order valence-corrected chi connectivity index (χ1v) is 27.6. The van der Waals surface area contributed by atoms with Crippen LogP contribution in [0.25, 0.3) is 0 Å². The molecule has 1 heterocycles. The predicted octanol–water partition coefficient (Wildman–Crippen LogP) is 11.9. The van der Waals surface area contributed by atoms with Crippen molar-refractivity contribution in [2.24, 2.45) is 0 Å². The summed E-state index contributed by atoms with van der Waals surface area (Å²) in [6, 6.07) is -1.03. The Bertz CT molecular complexity index is 1330. The van der Waals surface area contributed by atoms with Gasteiger partial charge < -0.3 is 45.1 Å². The van der Waals surface area contributed by atoms with Gasteiger partial charge in [0.15, 0.2) is 12.4 Å². The number of aliphatic hydroxyl groups excluding tert-OH is 5. The van der Waals surface area contributed by atoms with E-state index in [-0.39, 0.29) is 19.4 Å². The fraction of sp³-hybridized carbons (Fsp3) is 0.789. The minimum atomic E-state index is -1.63. The Morgan fingerprint density at radius 2 is 1.06 bits per heavy atom. The molecule has 0 aromatic heterocycles. The normalized spacial score (nSPS) is 20.4. The minimum Gasteiger partial charge on any atom is -0.454 e. The van der Waals surface area contributed by atoms with E-state index < -0.39 is 67.4 Å². The molecular formula is C57H101NO10. The zero-order valence-corrected chi connectivity index (χ0v) is 43.2. The number of esters is 1. The number of aliphatic hydroxyl groups is 5. The third-order valence-corrected chi connectivity index (χ3v) is 12.8. The van der Waals surface area contributed by atoms with Gasteiger partial charge in [0.2, 0.25) is 5.91 Å². The van der Waals surface area contributed by atoms with Crippen LogP contribution in [0.4, 0.5) is 0 Å². The Hall–Kier alpha value is -2.64. The van der Waals surface area contributed by atoms with Crippen LogP contribution in [0.15, 0.2) is 60.8 Å². The average Bonchev–Trinajstić information content (AvgIpc) is 3.33. The molecule has 1 amide bonds. The van der Waals surface area contributed by atoms with E-state index in [9.17, 15) is 35.1 Å². The molecule has 1 fully saturated rings. The van der Waals surface area contributed by atoms with Gasteiger partial charge in [-0.15, -0.1) is 0 Å². The Morgan fingerprint density at radius 1 is 0.588 bits per heavy atom. The number of hydrogen-bond donors (Lipinski definition) is 6. The molecule has 1 aliphatic rings. The van der Waals surface area contributed by atoms with Crippen LogP contribution in [0.1, 0.15) is 226 Å². The fourth-order valence-corrected chi connectivity index (χ4v) is 8.37. The third-order valence-electron chi connectivity index (χ3n) is 12.8. The topological polar surface area (TPSA) is 175 Å². The van der Waals surface area contributed by atoms with Crippen molar-refractivity contribution in [2.45, 2.75) is 275 Å². The van der Waals surface area contributed by atoms with Gasteiger partial charge in [0.1, 0.15) is 24.4 Å². The monoisotopic (exact) mass is 960 g/mol. The molecular weight excluding hydrogens is 859 g/mol. The van der Waals surface area contributed by atoms with Crippen LogP contribution < -0.4 is 5.32 Å². The van der Waals surface area contributed by atoms with E-state index in [1.54, 1.807) is 6.08 Å². The van der Waals surface area contributed by atoms with E-state index in [4.69, 9.17) is 14.2 Å². The molecule has 0 saturated carbocycles. The van der Waals surface area contributed by atoms with Crippen LogP contribution in [0.3, 0.4) is 0 Å². The zero-order chi connectivity index (χ0) is 49.7. The second-order valence-corrected chi connectivity index (χ2v) is 19.0. The molecule has 0 bridgehead atoms. The van der Waals surface area contributed by atoms with Gasteiger partial charge in [0.05, 0.1) is 25.4 Å². The molecule has 0 spiro atoms. The van der Waals surface area contributed by atoms with Gasteiger partial charge >= 0.3 is 5.97 Å². The maximum atomic E-state index is 13.3. The molecule has 68 heavy (non-hydrogen) atoms. The van der Waals surface area contributed by atoms with E-state index in [1.165, 1.54) is 116 Å². The number of hydrogen-bond acceptors (Lipinski definition) is 10. The first-order valence-electron chi connectivity index (χ1n) is 27.6. The van der Waals surface area contributed by atoms with Gasteiger partial charge in [-0.3, -0.25) is 9.59 Å². The van der Waals surface area contributed by atoms with Gasteiger partial charge in [-0.1, -0.05) is 236 Å². The first kappa shape index (κ1) is 63.4. The van der Waals surface area contributed by atoms with E-state index in [0.29, 0.717) is 12.8 Å². The summed E-state index contributed by atoms with van der Waals surface area (Å²) in [4.78, 5) is 26.4. The maximum absolute atomic E-state index is 13.3. The highest BCUT2D eigenvalue weighted by atomic mass is 16.7. The molecule has 8 atom stereocenters. The molecule has 0 aromatic carbocycles. The highest BCUT2D eigenvalue weighted by molar-refractivity contribution is 5.80. The fourth-order valence-electron chi connectivity index (χ4n) is 8.37. The van der Waals surface area contributed by atoms with Gasteiger partial charge in [0, 0.05) is 6.42 Å². The summed E-state index contributed by atoms with van der Waals surface area (Å²) >= 11 is 0. The molecule has 1 aliphatic heterocycles. The summed E-state index contributed by atoms with van der Waals surface area (Å²) in [5.41, 5.74) is 0. The van der Waals surface area contributed by atoms with Crippen molar-refractivity contribution >= 4 is 11.9 Å². The predicted molar refractivity (Wildman–Crippen MR) is 278 cm³/mol. The lowest BCUT2D eigenvalue weighted by Gasteiger charge is -2.41. The number of ether oxygens (including phenoxy) is 3. The smallest absolute Gasteiger partial charge is 0.306 e. The average molecular weight is 960 g/mol. The molecule has 11 heteroatoms. The maximum Gasteiger partial charge on any atom is 0.306 e. The number of rotatable bonds is 45. The Balaban J connectivity index is 2.78. The van der Waals surface area contributed by atoms with Crippen molar-refractivity contribution < 1.29 is 49.3 Å². The van der Waals surface area contributed by atoms with Gasteiger partial charge in [-0.05, 0) is 44.9 Å². The Labute approximate surface area is 414 Å². The first-order chi connectivity index (χ1) is 33.2. The molecule has 0 aromatic rings. The molecule has 0 radical (unpaired) electrons. The summed E-state index contributed by atoms with van der Waals surface area (Å²) in [5.74, 6) is -1.24. The second-order valence-electron chi connectivity index (χ2n) is 19.0. The Morgan fingerprint density at radius 3 is 1.59 bits per heavy atom. The van der Waals surface area contributed by atoms with Crippen molar-refractivity contribution in [1.29, 1.82) is 0 Å². The zero-order valence-electron chi connectivity index (χ0n) is 43.2. The van der Waals surface area contributed by atoms with Crippen molar-refractivity contribution in [3.8, 4) is 0 Å².